The SMILES string of the molecule is Cc1ccc(-c2sc3cc(O)ccc3c2Oc2ccc(OCCN3CCN(CC=O)CC3)cc2)cc1. The first-order chi connectivity index (χ1) is 17.6. The maximum absolute atomic E-state index is 10.7. The number of nitrogens with zero attached hydrogens (tertiary/aromatic N) is 2. The number of phenolic OH excluding ortho intramolecular Hbond substituents is 1. The van der Waals surface area contributed by atoms with Crippen LogP contribution in [0.5, 0.6) is 23.0 Å². The van der Waals surface area contributed by atoms with Gasteiger partial charge in [-0.1, -0.05) is 29.8 Å². The highest BCUT2D eigenvalue weighted by atomic mass is 32.1. The average Bonchev–Trinajstić information content (AvgIpc) is 3.24. The first-order valence-electron chi connectivity index (χ1n) is 12.2. The van der Waals surface area contributed by atoms with E-state index in [-0.39, 0.29) is 5.75 Å². The van der Waals surface area contributed by atoms with E-state index in [1.807, 2.05) is 30.3 Å². The highest BCUT2D eigenvalue weighted by Gasteiger charge is 2.18. The van der Waals surface area contributed by atoms with Crippen molar-refractivity contribution in [3.8, 4) is 33.4 Å². The molecule has 5 rings (SSSR count). The molecule has 1 N–H and O–H groups in total. The average molecular weight is 503 g/mol. The van der Waals surface area contributed by atoms with E-state index < -0.39 is 0 Å². The van der Waals surface area contributed by atoms with Gasteiger partial charge in [-0.15, -0.1) is 11.3 Å². The van der Waals surface area contributed by atoms with Crippen molar-refractivity contribution in [2.24, 2.45) is 0 Å². The minimum absolute atomic E-state index is 0.245. The minimum Gasteiger partial charge on any atom is -0.508 e. The maximum Gasteiger partial charge on any atom is 0.153 e. The molecule has 1 aliphatic heterocycles. The standard InChI is InChI=1S/C29H30N2O4S/c1-21-2-4-22(5-3-21)29-28(26-11-6-23(33)20-27(26)36-29)35-25-9-7-24(8-10-25)34-19-17-31-14-12-30(13-15-31)16-18-32/h2-11,18,20,33H,12-17,19H2,1H3. The summed E-state index contributed by atoms with van der Waals surface area (Å²) in [5, 5.41) is 11.0. The Balaban J connectivity index is 1.25. The molecule has 0 bridgehead atoms. The first-order valence-corrected chi connectivity index (χ1v) is 13.0. The predicted octanol–water partition coefficient (Wildman–Crippen LogP) is 5.57. The van der Waals surface area contributed by atoms with Gasteiger partial charge in [0.25, 0.3) is 0 Å². The van der Waals surface area contributed by atoms with Gasteiger partial charge in [0, 0.05) is 42.8 Å². The summed E-state index contributed by atoms with van der Waals surface area (Å²) in [6, 6.07) is 21.5. The molecule has 0 radical (unpaired) electrons. The molecule has 0 saturated carbocycles. The van der Waals surface area contributed by atoms with Crippen LogP contribution < -0.4 is 9.47 Å². The number of rotatable bonds is 9. The Morgan fingerprint density at radius 1 is 0.917 bits per heavy atom. The molecule has 186 valence electrons. The summed E-state index contributed by atoms with van der Waals surface area (Å²) in [6.07, 6.45) is 0.973. The number of carbonyl (C=O) groups is 1. The van der Waals surface area contributed by atoms with E-state index in [1.54, 1.807) is 23.5 Å². The van der Waals surface area contributed by atoms with Gasteiger partial charge >= 0.3 is 0 Å². The molecule has 2 heterocycles. The van der Waals surface area contributed by atoms with Crippen molar-refractivity contribution in [1.82, 2.24) is 9.80 Å². The summed E-state index contributed by atoms with van der Waals surface area (Å²) < 4.78 is 13.4. The van der Waals surface area contributed by atoms with Crippen molar-refractivity contribution < 1.29 is 19.4 Å². The summed E-state index contributed by atoms with van der Waals surface area (Å²) in [6.45, 7) is 7.83. The lowest BCUT2D eigenvalue weighted by Gasteiger charge is -2.33. The highest BCUT2D eigenvalue weighted by molar-refractivity contribution is 7.22. The minimum atomic E-state index is 0.245. The summed E-state index contributed by atoms with van der Waals surface area (Å²) in [5.74, 6) is 2.58. The Morgan fingerprint density at radius 3 is 2.33 bits per heavy atom. The number of aromatic hydroxyl groups is 1. The van der Waals surface area contributed by atoms with E-state index in [2.05, 4.69) is 41.0 Å². The van der Waals surface area contributed by atoms with Crippen LogP contribution in [0.2, 0.25) is 0 Å². The zero-order valence-electron chi connectivity index (χ0n) is 20.4. The Labute approximate surface area is 215 Å². The van der Waals surface area contributed by atoms with Crippen LogP contribution in [0.1, 0.15) is 5.56 Å². The van der Waals surface area contributed by atoms with Crippen molar-refractivity contribution >= 4 is 27.7 Å². The van der Waals surface area contributed by atoms with Crippen molar-refractivity contribution in [2.75, 3.05) is 45.9 Å². The lowest BCUT2D eigenvalue weighted by Crippen LogP contribution is -2.47. The molecule has 0 amide bonds. The van der Waals surface area contributed by atoms with E-state index in [0.717, 1.165) is 76.8 Å². The summed E-state index contributed by atoms with van der Waals surface area (Å²) in [4.78, 5) is 16.2. The number of hydrogen-bond donors (Lipinski definition) is 1. The second-order valence-electron chi connectivity index (χ2n) is 9.04. The molecule has 0 unspecified atom stereocenters. The number of benzene rings is 3. The second-order valence-corrected chi connectivity index (χ2v) is 10.1. The normalized spacial score (nSPS) is 14.7. The van der Waals surface area contributed by atoms with Gasteiger partial charge < -0.3 is 19.4 Å². The molecule has 0 spiro atoms. The van der Waals surface area contributed by atoms with Crippen molar-refractivity contribution in [1.29, 1.82) is 0 Å². The second kappa shape index (κ2) is 11.1. The van der Waals surface area contributed by atoms with E-state index in [0.29, 0.717) is 13.2 Å². The predicted molar refractivity (Wildman–Crippen MR) is 145 cm³/mol. The van der Waals surface area contributed by atoms with Gasteiger partial charge in [-0.2, -0.15) is 0 Å². The lowest BCUT2D eigenvalue weighted by atomic mass is 10.1. The number of hydrogen-bond acceptors (Lipinski definition) is 7. The number of phenols is 1. The molecular weight excluding hydrogens is 472 g/mol. The van der Waals surface area contributed by atoms with Crippen LogP contribution in [0.15, 0.2) is 66.7 Å². The highest BCUT2D eigenvalue weighted by Crippen LogP contribution is 2.47. The molecule has 1 aliphatic rings. The fourth-order valence-corrected chi connectivity index (χ4v) is 5.54. The summed E-state index contributed by atoms with van der Waals surface area (Å²) in [7, 11) is 0. The van der Waals surface area contributed by atoms with Crippen LogP contribution in [0, 0.1) is 6.92 Å². The Hall–Kier alpha value is -3.39. The number of thiophene rings is 1. The van der Waals surface area contributed by atoms with Gasteiger partial charge in [-0.3, -0.25) is 9.80 Å². The van der Waals surface area contributed by atoms with Crippen molar-refractivity contribution in [2.45, 2.75) is 6.92 Å². The number of carbonyl (C=O) groups excluding carboxylic acids is 1. The third-order valence-corrected chi connectivity index (χ3v) is 7.64. The Bertz CT molecular complexity index is 1310. The van der Waals surface area contributed by atoms with Gasteiger partial charge in [0.05, 0.1) is 11.4 Å². The number of piperazine rings is 1. The van der Waals surface area contributed by atoms with Crippen LogP contribution in [-0.4, -0.2) is 67.1 Å². The molecule has 0 atom stereocenters. The fraction of sp³-hybridized carbons (Fsp3) is 0.276. The smallest absolute Gasteiger partial charge is 0.153 e. The summed E-state index contributed by atoms with van der Waals surface area (Å²) >= 11 is 1.61. The van der Waals surface area contributed by atoms with Crippen LogP contribution in [0.25, 0.3) is 20.5 Å². The molecular formula is C29H30N2O4S. The van der Waals surface area contributed by atoms with E-state index in [1.165, 1.54) is 5.56 Å². The molecule has 36 heavy (non-hydrogen) atoms. The zero-order valence-corrected chi connectivity index (χ0v) is 21.2. The van der Waals surface area contributed by atoms with E-state index >= 15 is 0 Å². The topological polar surface area (TPSA) is 62.2 Å². The van der Waals surface area contributed by atoms with Crippen LogP contribution in [0.3, 0.4) is 0 Å². The van der Waals surface area contributed by atoms with Crippen LogP contribution in [-0.2, 0) is 4.79 Å². The lowest BCUT2D eigenvalue weighted by molar-refractivity contribution is -0.109. The van der Waals surface area contributed by atoms with Gasteiger partial charge in [0.15, 0.2) is 5.75 Å². The quantitative estimate of drug-likeness (QED) is 0.302. The van der Waals surface area contributed by atoms with Gasteiger partial charge in [-0.25, -0.2) is 0 Å². The maximum atomic E-state index is 10.7. The number of aldehydes is 1. The number of fused-ring (bicyclic) bond motifs is 1. The molecule has 1 aromatic heterocycles. The molecule has 1 fully saturated rings. The van der Waals surface area contributed by atoms with Crippen LogP contribution >= 0.6 is 11.3 Å². The first kappa shape index (κ1) is 24.3. The van der Waals surface area contributed by atoms with Crippen molar-refractivity contribution in [3.05, 3.63) is 72.3 Å². The van der Waals surface area contributed by atoms with Crippen LogP contribution in [0.4, 0.5) is 0 Å². The van der Waals surface area contributed by atoms with Gasteiger partial charge in [0.1, 0.15) is 30.1 Å². The molecule has 0 aliphatic carbocycles. The number of aryl methyl sites for hydroxylation is 1. The van der Waals surface area contributed by atoms with Crippen molar-refractivity contribution in [3.63, 3.8) is 0 Å². The Kier molecular flexibility index (Phi) is 7.51. The fourth-order valence-electron chi connectivity index (χ4n) is 4.37. The molecule has 6 nitrogen and oxygen atoms in total. The largest absolute Gasteiger partial charge is 0.508 e. The monoisotopic (exact) mass is 502 g/mol. The van der Waals surface area contributed by atoms with E-state index in [4.69, 9.17) is 9.47 Å². The van der Waals surface area contributed by atoms with Gasteiger partial charge in [0.2, 0.25) is 0 Å². The van der Waals surface area contributed by atoms with Gasteiger partial charge in [-0.05, 0) is 55.0 Å². The number of ether oxygens (including phenoxy) is 2. The summed E-state index contributed by atoms with van der Waals surface area (Å²) in [5.41, 5.74) is 2.29. The zero-order chi connectivity index (χ0) is 24.9. The molecule has 3 aromatic carbocycles. The third kappa shape index (κ3) is 5.70. The molecule has 1 saturated heterocycles. The Morgan fingerprint density at radius 2 is 1.61 bits per heavy atom. The molecule has 7 heteroatoms. The molecule has 4 aromatic rings. The van der Waals surface area contributed by atoms with E-state index in [9.17, 15) is 9.90 Å². The third-order valence-electron chi connectivity index (χ3n) is 6.46.